The van der Waals surface area contributed by atoms with E-state index in [4.69, 9.17) is 4.74 Å². The van der Waals surface area contributed by atoms with Crippen LogP contribution in [0.4, 0.5) is 11.4 Å². The smallest absolute Gasteiger partial charge is 0.550 e. The normalized spacial score (nSPS) is 15.5. The number of carbonyl (C=O) groups excluding carboxylic acids is 1. The number of ether oxygens (including phenoxy) is 1. The second-order valence-corrected chi connectivity index (χ2v) is 6.52. The monoisotopic (exact) mass is 404 g/mol. The average Bonchev–Trinajstić information content (AvgIpc) is 3.13. The van der Waals surface area contributed by atoms with Gasteiger partial charge in [0.15, 0.2) is 6.73 Å². The zero-order valence-electron chi connectivity index (χ0n) is 16.0. The summed E-state index contributed by atoms with van der Waals surface area (Å²) in [5, 5.41) is 34.6. The summed E-state index contributed by atoms with van der Waals surface area (Å²) in [7, 11) is 0. The van der Waals surface area contributed by atoms with Gasteiger partial charge in [0.1, 0.15) is 16.8 Å². The van der Waals surface area contributed by atoms with Crippen LogP contribution >= 0.6 is 0 Å². The van der Waals surface area contributed by atoms with Crippen LogP contribution in [0.2, 0.25) is 0 Å². The first-order chi connectivity index (χ1) is 13.6. The fourth-order valence-electron chi connectivity index (χ4n) is 3.22. The first kappa shape index (κ1) is 21.4. The molecule has 1 atom stereocenters. The fraction of sp³-hybridized carbons (Fsp3) is 0.263. The molecule has 1 aliphatic rings. The number of H-pyrrole nitrogens is 1. The minimum absolute atomic E-state index is 0. The van der Waals surface area contributed by atoms with E-state index >= 15 is 0 Å². The molecule has 0 fully saturated rings. The molecule has 4 rings (SSSR count). The van der Waals surface area contributed by atoms with Crippen LogP contribution in [0.1, 0.15) is 12.0 Å². The number of rotatable bonds is 7. The number of hydrogen-bond donors (Lipinski definition) is 3. The summed E-state index contributed by atoms with van der Waals surface area (Å²) in [6.45, 7) is 2.14. The zero-order chi connectivity index (χ0) is 19.5. The summed E-state index contributed by atoms with van der Waals surface area (Å²) in [4.78, 5) is 12.5. The second-order valence-electron chi connectivity index (χ2n) is 6.52. The molecule has 0 saturated heterocycles. The van der Waals surface area contributed by atoms with Crippen molar-refractivity contribution in [2.24, 2.45) is 0 Å². The number of hydrogen-bond acceptors (Lipinski definition) is 8. The van der Waals surface area contributed by atoms with Gasteiger partial charge in [0.05, 0.1) is 12.6 Å². The van der Waals surface area contributed by atoms with E-state index in [0.717, 1.165) is 28.0 Å². The largest absolute Gasteiger partial charge is 1.00 e. The van der Waals surface area contributed by atoms with Crippen LogP contribution in [-0.2, 0) is 11.2 Å². The van der Waals surface area contributed by atoms with Gasteiger partial charge in [0.2, 0.25) is 0 Å². The Morgan fingerprint density at radius 3 is 2.93 bits per heavy atom. The number of fused-ring (bicyclic) bond motifs is 2. The summed E-state index contributed by atoms with van der Waals surface area (Å²) in [5.74, 6) is -0.465. The average molecular weight is 404 g/mol. The van der Waals surface area contributed by atoms with Crippen molar-refractivity contribution in [1.29, 1.82) is 0 Å². The SMILES string of the molecule is O=C([O-])CCN1[CH]C(O)Cc2cc(OCNc3ccc4n[nH]nc4c3)ccc21.[Na+]. The predicted molar refractivity (Wildman–Crippen MR) is 100 cm³/mol. The van der Waals surface area contributed by atoms with Gasteiger partial charge in [0.25, 0.3) is 0 Å². The number of carboxylic acids is 1. The molecule has 145 valence electrons. The molecular weight excluding hydrogens is 385 g/mol. The maximum Gasteiger partial charge on any atom is 1.00 e. The Labute approximate surface area is 189 Å². The van der Waals surface area contributed by atoms with Crippen molar-refractivity contribution < 1.29 is 49.3 Å². The van der Waals surface area contributed by atoms with Crippen molar-refractivity contribution in [1.82, 2.24) is 15.4 Å². The minimum atomic E-state index is -1.12. The van der Waals surface area contributed by atoms with Gasteiger partial charge in [-0.2, -0.15) is 15.4 Å². The molecule has 0 spiro atoms. The molecule has 3 aromatic rings. The molecule has 2 heterocycles. The van der Waals surface area contributed by atoms with Crippen molar-refractivity contribution in [3.8, 4) is 5.75 Å². The first-order valence-electron chi connectivity index (χ1n) is 8.88. The van der Waals surface area contributed by atoms with Gasteiger partial charge in [-0.25, -0.2) is 0 Å². The van der Waals surface area contributed by atoms with E-state index in [1.165, 1.54) is 0 Å². The third-order valence-corrected chi connectivity index (χ3v) is 4.53. The Bertz CT molecular complexity index is 996. The number of aliphatic carboxylic acids is 1. The number of nitrogens with zero attached hydrogens (tertiary/aromatic N) is 3. The number of aromatic amines is 1. The maximum atomic E-state index is 10.7. The van der Waals surface area contributed by atoms with Crippen LogP contribution in [0.15, 0.2) is 36.4 Å². The van der Waals surface area contributed by atoms with Crippen molar-refractivity contribution in [3.63, 3.8) is 0 Å². The Morgan fingerprint density at radius 1 is 1.28 bits per heavy atom. The van der Waals surface area contributed by atoms with Gasteiger partial charge >= 0.3 is 29.6 Å². The maximum absolute atomic E-state index is 10.7. The summed E-state index contributed by atoms with van der Waals surface area (Å²) in [6, 6.07) is 11.2. The zero-order valence-corrected chi connectivity index (χ0v) is 18.0. The number of nitrogens with one attached hydrogen (secondary N) is 2. The second kappa shape index (κ2) is 9.45. The van der Waals surface area contributed by atoms with Crippen LogP contribution in [0.3, 0.4) is 0 Å². The molecule has 3 N–H and O–H groups in total. The molecule has 0 amide bonds. The molecule has 1 unspecified atom stereocenters. The van der Waals surface area contributed by atoms with Crippen molar-refractivity contribution in [2.45, 2.75) is 18.9 Å². The van der Waals surface area contributed by atoms with Crippen LogP contribution in [0, 0.1) is 6.54 Å². The van der Waals surface area contributed by atoms with E-state index in [1.807, 2.05) is 36.4 Å². The molecule has 9 nitrogen and oxygen atoms in total. The van der Waals surface area contributed by atoms with E-state index in [0.29, 0.717) is 12.2 Å². The fourth-order valence-corrected chi connectivity index (χ4v) is 3.22. The quantitative estimate of drug-likeness (QED) is 0.290. The van der Waals surface area contributed by atoms with E-state index in [-0.39, 0.29) is 49.3 Å². The topological polar surface area (TPSA) is 126 Å². The van der Waals surface area contributed by atoms with Crippen LogP contribution in [-0.4, -0.2) is 45.9 Å². The third kappa shape index (κ3) is 5.18. The molecule has 1 aromatic heterocycles. The third-order valence-electron chi connectivity index (χ3n) is 4.53. The molecule has 0 saturated carbocycles. The van der Waals surface area contributed by atoms with E-state index in [1.54, 1.807) is 11.4 Å². The molecule has 10 heteroatoms. The van der Waals surface area contributed by atoms with Gasteiger partial charge in [-0.3, -0.25) is 0 Å². The van der Waals surface area contributed by atoms with E-state index < -0.39 is 12.1 Å². The van der Waals surface area contributed by atoms with Crippen molar-refractivity contribution >= 4 is 28.4 Å². The van der Waals surface area contributed by atoms with Gasteiger partial charge < -0.3 is 30.0 Å². The van der Waals surface area contributed by atoms with Crippen molar-refractivity contribution in [2.75, 3.05) is 23.5 Å². The first-order valence-corrected chi connectivity index (χ1v) is 8.88. The van der Waals surface area contributed by atoms with Crippen LogP contribution in [0.5, 0.6) is 5.75 Å². The Balaban J connectivity index is 0.00000240. The Morgan fingerprint density at radius 2 is 2.10 bits per heavy atom. The molecule has 29 heavy (non-hydrogen) atoms. The molecule has 0 bridgehead atoms. The Hall–Kier alpha value is -2.33. The molecule has 2 aromatic carbocycles. The number of aromatic nitrogens is 3. The molecule has 0 aliphatic carbocycles. The summed E-state index contributed by atoms with van der Waals surface area (Å²) in [6.07, 6.45) is -0.331. The molecular formula is C19H19N5NaO4. The summed E-state index contributed by atoms with van der Waals surface area (Å²) < 4.78 is 5.77. The summed E-state index contributed by atoms with van der Waals surface area (Å²) in [5.41, 5.74) is 4.18. The number of carbonyl (C=O) groups is 1. The number of benzene rings is 2. The minimum Gasteiger partial charge on any atom is -0.550 e. The standard InChI is InChI=1S/C19H20N5O4.Na/c25-14-7-12-8-15(2-4-18(12)24(10-14)6-5-19(26)27)28-11-20-13-1-3-16-17(9-13)22-23-21-16;/h1-4,8-10,14,20,25H,5-7,11H2,(H,26,27)(H,21,22,23);/q;+1/p-1. The number of carboxylic acid groups (broad SMARTS) is 1. The summed E-state index contributed by atoms with van der Waals surface area (Å²) >= 11 is 0. The number of anilines is 2. The van der Waals surface area contributed by atoms with E-state index in [2.05, 4.69) is 20.7 Å². The Kier molecular flexibility index (Phi) is 6.96. The number of aliphatic hydroxyl groups excluding tert-OH is 1. The van der Waals surface area contributed by atoms with Gasteiger partial charge in [-0.05, 0) is 42.0 Å². The molecule has 1 aliphatic heterocycles. The molecule has 1 radical (unpaired) electrons. The van der Waals surface area contributed by atoms with Gasteiger partial charge in [-0.15, -0.1) is 0 Å². The van der Waals surface area contributed by atoms with Crippen LogP contribution in [0.25, 0.3) is 11.0 Å². The number of aliphatic hydroxyl groups is 1. The van der Waals surface area contributed by atoms with Gasteiger partial charge in [-0.1, -0.05) is 0 Å². The predicted octanol–water partition coefficient (Wildman–Crippen LogP) is -2.56. The van der Waals surface area contributed by atoms with Gasteiger partial charge in [0, 0.05) is 36.7 Å². The van der Waals surface area contributed by atoms with Crippen LogP contribution < -0.4 is 49.6 Å². The van der Waals surface area contributed by atoms with Crippen molar-refractivity contribution in [3.05, 3.63) is 48.5 Å². The van der Waals surface area contributed by atoms with E-state index in [9.17, 15) is 15.0 Å².